The largest absolute Gasteiger partial charge is 0.481 e. The summed E-state index contributed by atoms with van der Waals surface area (Å²) in [7, 11) is 1.66. The van der Waals surface area contributed by atoms with E-state index < -0.39 is 0 Å². The van der Waals surface area contributed by atoms with E-state index >= 15 is 0 Å². The second-order valence-corrected chi connectivity index (χ2v) is 4.28. The third-order valence-electron chi connectivity index (χ3n) is 3.07. The molecule has 0 amide bonds. The maximum atomic E-state index is 5.27. The predicted octanol–water partition coefficient (Wildman–Crippen LogP) is 2.18. The molecule has 2 aromatic heterocycles. The molecule has 0 saturated heterocycles. The van der Waals surface area contributed by atoms with Crippen LogP contribution in [-0.2, 0) is 6.42 Å². The van der Waals surface area contributed by atoms with Crippen molar-refractivity contribution in [3.8, 4) is 5.88 Å². The lowest BCUT2D eigenvalue weighted by molar-refractivity contribution is 0.393. The van der Waals surface area contributed by atoms with E-state index in [2.05, 4.69) is 29.3 Å². The van der Waals surface area contributed by atoms with Gasteiger partial charge in [-0.25, -0.2) is 4.98 Å². The lowest BCUT2D eigenvalue weighted by Gasteiger charge is -2.05. The minimum absolute atomic E-state index is 0.665. The first-order chi connectivity index (χ1) is 7.81. The van der Waals surface area contributed by atoms with Crippen molar-refractivity contribution in [1.82, 2.24) is 14.4 Å². The number of aryl methyl sites for hydroxylation is 1. The van der Waals surface area contributed by atoms with Crippen molar-refractivity contribution in [2.75, 3.05) is 7.11 Å². The maximum Gasteiger partial charge on any atom is 0.237 e. The highest BCUT2D eigenvalue weighted by Crippen LogP contribution is 2.39. The minimum Gasteiger partial charge on any atom is -0.481 e. The molecule has 0 aromatic carbocycles. The average molecular weight is 217 g/mol. The van der Waals surface area contributed by atoms with Crippen LogP contribution in [0.1, 0.15) is 36.9 Å². The zero-order valence-electron chi connectivity index (χ0n) is 9.60. The van der Waals surface area contributed by atoms with Gasteiger partial charge < -0.3 is 4.74 Å². The molecule has 4 nitrogen and oxygen atoms in total. The van der Waals surface area contributed by atoms with Gasteiger partial charge in [0.2, 0.25) is 11.7 Å². The minimum atomic E-state index is 0.665. The van der Waals surface area contributed by atoms with Crippen molar-refractivity contribution in [1.29, 1.82) is 0 Å². The van der Waals surface area contributed by atoms with Gasteiger partial charge in [0.15, 0.2) is 0 Å². The van der Waals surface area contributed by atoms with Gasteiger partial charge in [-0.3, -0.25) is 4.40 Å². The van der Waals surface area contributed by atoms with Crippen LogP contribution in [-0.4, -0.2) is 21.5 Å². The van der Waals surface area contributed by atoms with Crippen molar-refractivity contribution in [2.45, 2.75) is 32.1 Å². The van der Waals surface area contributed by atoms with E-state index in [-0.39, 0.29) is 0 Å². The highest BCUT2D eigenvalue weighted by molar-refractivity contribution is 5.39. The SMILES string of the molecule is CCc1cn2cc(C3CC3)nc2nc1OC. The topological polar surface area (TPSA) is 39.4 Å². The van der Waals surface area contributed by atoms with Crippen LogP contribution in [0, 0.1) is 0 Å². The van der Waals surface area contributed by atoms with Crippen molar-refractivity contribution in [3.63, 3.8) is 0 Å². The Hall–Kier alpha value is -1.58. The van der Waals surface area contributed by atoms with Gasteiger partial charge in [0.05, 0.1) is 12.8 Å². The van der Waals surface area contributed by atoms with Crippen LogP contribution in [0.3, 0.4) is 0 Å². The molecule has 0 spiro atoms. The molecule has 1 aliphatic rings. The normalized spacial score (nSPS) is 15.6. The molecule has 0 radical (unpaired) electrons. The third-order valence-corrected chi connectivity index (χ3v) is 3.07. The van der Waals surface area contributed by atoms with Crippen LogP contribution < -0.4 is 4.74 Å². The highest BCUT2D eigenvalue weighted by atomic mass is 16.5. The van der Waals surface area contributed by atoms with E-state index in [4.69, 9.17) is 4.74 Å². The standard InChI is InChI=1S/C12H15N3O/c1-3-8-6-15-7-10(9-4-5-9)13-12(15)14-11(8)16-2/h6-7,9H,3-5H2,1-2H3. The van der Waals surface area contributed by atoms with Crippen LogP contribution in [0.15, 0.2) is 12.4 Å². The predicted molar refractivity (Wildman–Crippen MR) is 60.9 cm³/mol. The number of nitrogens with zero attached hydrogens (tertiary/aromatic N) is 3. The number of hydrogen-bond acceptors (Lipinski definition) is 3. The van der Waals surface area contributed by atoms with E-state index in [1.54, 1.807) is 7.11 Å². The molecule has 1 fully saturated rings. The van der Waals surface area contributed by atoms with Crippen LogP contribution in [0.5, 0.6) is 5.88 Å². The zero-order chi connectivity index (χ0) is 11.1. The number of fused-ring (bicyclic) bond motifs is 1. The molecule has 16 heavy (non-hydrogen) atoms. The molecule has 84 valence electrons. The summed E-state index contributed by atoms with van der Waals surface area (Å²) in [6.45, 7) is 2.10. The molecule has 1 aliphatic carbocycles. The van der Waals surface area contributed by atoms with Gasteiger partial charge in [0, 0.05) is 23.9 Å². The lowest BCUT2D eigenvalue weighted by Crippen LogP contribution is -1.98. The van der Waals surface area contributed by atoms with Crippen LogP contribution in [0.2, 0.25) is 0 Å². The first-order valence-electron chi connectivity index (χ1n) is 5.74. The second kappa shape index (κ2) is 3.47. The molecule has 2 heterocycles. The summed E-state index contributed by atoms with van der Waals surface area (Å²) in [5, 5.41) is 0. The Morgan fingerprint density at radius 1 is 1.38 bits per heavy atom. The Balaban J connectivity index is 2.14. The number of imidazole rings is 1. The highest BCUT2D eigenvalue weighted by Gasteiger charge is 2.26. The summed E-state index contributed by atoms with van der Waals surface area (Å²) in [6.07, 6.45) is 7.62. The van der Waals surface area contributed by atoms with Gasteiger partial charge in [-0.05, 0) is 19.3 Å². The molecular weight excluding hydrogens is 202 g/mol. The first-order valence-corrected chi connectivity index (χ1v) is 5.74. The lowest BCUT2D eigenvalue weighted by atomic mass is 10.2. The number of ether oxygens (including phenoxy) is 1. The Morgan fingerprint density at radius 2 is 2.19 bits per heavy atom. The van der Waals surface area contributed by atoms with Gasteiger partial charge >= 0.3 is 0 Å². The van der Waals surface area contributed by atoms with Crippen molar-refractivity contribution >= 4 is 5.78 Å². The summed E-state index contributed by atoms with van der Waals surface area (Å²) in [5.41, 5.74) is 2.29. The summed E-state index contributed by atoms with van der Waals surface area (Å²) in [5.74, 6) is 2.11. The van der Waals surface area contributed by atoms with Crippen LogP contribution >= 0.6 is 0 Å². The smallest absolute Gasteiger partial charge is 0.237 e. The molecule has 4 heteroatoms. The Bertz CT molecular complexity index is 487. The second-order valence-electron chi connectivity index (χ2n) is 4.28. The van der Waals surface area contributed by atoms with E-state index in [0.29, 0.717) is 11.8 Å². The Morgan fingerprint density at radius 3 is 2.81 bits per heavy atom. The molecule has 1 saturated carbocycles. The number of hydrogen-bond donors (Lipinski definition) is 0. The molecule has 0 aliphatic heterocycles. The van der Waals surface area contributed by atoms with E-state index in [1.165, 1.54) is 18.5 Å². The van der Waals surface area contributed by atoms with E-state index in [9.17, 15) is 0 Å². The first kappa shape index (κ1) is 9.63. The average Bonchev–Trinajstić information content (AvgIpc) is 3.07. The summed E-state index contributed by atoms with van der Waals surface area (Å²) >= 11 is 0. The molecular formula is C12H15N3O. The Labute approximate surface area is 94.3 Å². The van der Waals surface area contributed by atoms with E-state index in [1.807, 2.05) is 4.40 Å². The zero-order valence-corrected chi connectivity index (χ0v) is 9.60. The van der Waals surface area contributed by atoms with Gasteiger partial charge in [-0.15, -0.1) is 0 Å². The summed E-state index contributed by atoms with van der Waals surface area (Å²) < 4.78 is 7.27. The maximum absolute atomic E-state index is 5.27. The van der Waals surface area contributed by atoms with Crippen molar-refractivity contribution in [3.05, 3.63) is 23.7 Å². The molecule has 3 rings (SSSR count). The van der Waals surface area contributed by atoms with Crippen LogP contribution in [0.4, 0.5) is 0 Å². The summed E-state index contributed by atoms with van der Waals surface area (Å²) in [6, 6.07) is 0. The van der Waals surface area contributed by atoms with Crippen molar-refractivity contribution < 1.29 is 4.74 Å². The number of rotatable bonds is 3. The molecule has 0 unspecified atom stereocenters. The third kappa shape index (κ3) is 1.45. The number of aromatic nitrogens is 3. The molecule has 0 bridgehead atoms. The monoisotopic (exact) mass is 217 g/mol. The molecule has 0 N–H and O–H groups in total. The van der Waals surface area contributed by atoms with E-state index in [0.717, 1.165) is 17.8 Å². The van der Waals surface area contributed by atoms with Gasteiger partial charge in [0.25, 0.3) is 0 Å². The van der Waals surface area contributed by atoms with Crippen LogP contribution in [0.25, 0.3) is 5.78 Å². The van der Waals surface area contributed by atoms with Gasteiger partial charge in [-0.2, -0.15) is 4.98 Å². The quantitative estimate of drug-likeness (QED) is 0.791. The fourth-order valence-electron chi connectivity index (χ4n) is 1.96. The molecule has 2 aromatic rings. The fraction of sp³-hybridized carbons (Fsp3) is 0.500. The van der Waals surface area contributed by atoms with Crippen molar-refractivity contribution in [2.24, 2.45) is 0 Å². The van der Waals surface area contributed by atoms with Gasteiger partial charge in [0.1, 0.15) is 0 Å². The fourth-order valence-corrected chi connectivity index (χ4v) is 1.96. The summed E-state index contributed by atoms with van der Waals surface area (Å²) in [4.78, 5) is 8.96. The molecule has 0 atom stereocenters. The Kier molecular flexibility index (Phi) is 2.09. The number of methoxy groups -OCH3 is 1. The van der Waals surface area contributed by atoms with Gasteiger partial charge in [-0.1, -0.05) is 6.92 Å².